The highest BCUT2D eigenvalue weighted by molar-refractivity contribution is 5.43. The van der Waals surface area contributed by atoms with Gasteiger partial charge in [0.25, 0.3) is 0 Å². The van der Waals surface area contributed by atoms with E-state index in [9.17, 15) is 0 Å². The normalized spacial score (nSPS) is 12.0. The molecule has 2 N–H and O–H groups in total. The molecule has 1 aromatic rings. The van der Waals surface area contributed by atoms with Crippen LogP contribution in [0.4, 0.5) is 0 Å². The minimum atomic E-state index is 0.157. The summed E-state index contributed by atoms with van der Waals surface area (Å²) in [6, 6.07) is 4.21. The van der Waals surface area contributed by atoms with Gasteiger partial charge in [0, 0.05) is 13.1 Å². The van der Waals surface area contributed by atoms with Gasteiger partial charge in [-0.3, -0.25) is 0 Å². The Kier molecular flexibility index (Phi) is 5.39. The number of benzene rings is 1. The topological polar surface area (TPSA) is 38.5 Å². The zero-order valence-corrected chi connectivity index (χ0v) is 13.2. The van der Waals surface area contributed by atoms with E-state index in [1.54, 1.807) is 7.11 Å². The van der Waals surface area contributed by atoms with Gasteiger partial charge in [0.15, 0.2) is 0 Å². The molecule has 0 aliphatic carbocycles. The molecule has 1 rings (SSSR count). The molecule has 0 saturated heterocycles. The lowest BCUT2D eigenvalue weighted by Crippen LogP contribution is -2.36. The molecule has 0 amide bonds. The maximum absolute atomic E-state index is 5.80. The molecule has 1 aromatic carbocycles. The van der Waals surface area contributed by atoms with E-state index in [-0.39, 0.29) is 5.41 Å². The summed E-state index contributed by atoms with van der Waals surface area (Å²) in [6.45, 7) is 11.3. The van der Waals surface area contributed by atoms with Crippen molar-refractivity contribution in [2.24, 2.45) is 11.1 Å². The van der Waals surface area contributed by atoms with Crippen molar-refractivity contribution in [3.63, 3.8) is 0 Å². The number of rotatable bonds is 6. The predicted molar refractivity (Wildman–Crippen MR) is 81.6 cm³/mol. The molecule has 3 heteroatoms. The Bertz CT molecular complexity index is 427. The molecule has 0 bridgehead atoms. The molecule has 19 heavy (non-hydrogen) atoms. The van der Waals surface area contributed by atoms with Crippen LogP contribution in [-0.4, -0.2) is 32.1 Å². The van der Waals surface area contributed by atoms with Gasteiger partial charge in [0.05, 0.1) is 7.11 Å². The fourth-order valence-corrected chi connectivity index (χ4v) is 2.39. The Morgan fingerprint density at radius 2 is 1.84 bits per heavy atom. The molecule has 3 nitrogen and oxygen atoms in total. The second kappa shape index (κ2) is 6.40. The van der Waals surface area contributed by atoms with Gasteiger partial charge < -0.3 is 15.4 Å². The quantitative estimate of drug-likeness (QED) is 0.858. The van der Waals surface area contributed by atoms with Crippen molar-refractivity contribution < 1.29 is 4.74 Å². The molecule has 0 aliphatic heterocycles. The fourth-order valence-electron chi connectivity index (χ4n) is 2.39. The van der Waals surface area contributed by atoms with Crippen LogP contribution in [-0.2, 0) is 6.54 Å². The van der Waals surface area contributed by atoms with Crippen molar-refractivity contribution >= 4 is 0 Å². The number of methoxy groups -OCH3 is 1. The van der Waals surface area contributed by atoms with E-state index in [1.807, 2.05) is 0 Å². The molecule has 0 aliphatic rings. The van der Waals surface area contributed by atoms with Crippen molar-refractivity contribution in [1.82, 2.24) is 4.90 Å². The summed E-state index contributed by atoms with van der Waals surface area (Å²) >= 11 is 0. The summed E-state index contributed by atoms with van der Waals surface area (Å²) in [5.41, 5.74) is 9.85. The molecule has 0 radical (unpaired) electrons. The van der Waals surface area contributed by atoms with Crippen LogP contribution in [0, 0.1) is 19.3 Å². The second-order valence-electron chi connectivity index (χ2n) is 6.22. The van der Waals surface area contributed by atoms with Crippen molar-refractivity contribution in [3.8, 4) is 5.75 Å². The van der Waals surface area contributed by atoms with E-state index < -0.39 is 0 Å². The van der Waals surface area contributed by atoms with E-state index in [2.05, 4.69) is 51.8 Å². The van der Waals surface area contributed by atoms with Gasteiger partial charge in [0.2, 0.25) is 0 Å². The molecule has 0 unspecified atom stereocenters. The largest absolute Gasteiger partial charge is 0.496 e. The first-order valence-electron chi connectivity index (χ1n) is 6.82. The summed E-state index contributed by atoms with van der Waals surface area (Å²) in [5.74, 6) is 0.964. The van der Waals surface area contributed by atoms with E-state index in [1.165, 1.54) is 16.7 Å². The van der Waals surface area contributed by atoms with Crippen molar-refractivity contribution in [2.45, 2.75) is 34.2 Å². The Hall–Kier alpha value is -1.06. The predicted octanol–water partition coefficient (Wildman–Crippen LogP) is 2.73. The molecule has 0 fully saturated rings. The lowest BCUT2D eigenvalue weighted by molar-refractivity contribution is 0.209. The van der Waals surface area contributed by atoms with Crippen LogP contribution in [0.3, 0.4) is 0 Å². The fraction of sp³-hybridized carbons (Fsp3) is 0.625. The van der Waals surface area contributed by atoms with E-state index in [0.29, 0.717) is 6.54 Å². The summed E-state index contributed by atoms with van der Waals surface area (Å²) in [5, 5.41) is 0. The average molecular weight is 264 g/mol. The van der Waals surface area contributed by atoms with Gasteiger partial charge in [-0.05, 0) is 55.6 Å². The van der Waals surface area contributed by atoms with E-state index in [4.69, 9.17) is 10.5 Å². The van der Waals surface area contributed by atoms with Gasteiger partial charge >= 0.3 is 0 Å². The maximum Gasteiger partial charge on any atom is 0.122 e. The third-order valence-corrected chi connectivity index (χ3v) is 3.76. The van der Waals surface area contributed by atoms with Crippen LogP contribution in [0.5, 0.6) is 5.75 Å². The molecule has 108 valence electrons. The monoisotopic (exact) mass is 264 g/mol. The minimum absolute atomic E-state index is 0.157. The Labute approximate surface area is 117 Å². The van der Waals surface area contributed by atoms with E-state index in [0.717, 1.165) is 18.8 Å². The highest BCUT2D eigenvalue weighted by Crippen LogP contribution is 2.25. The summed E-state index contributed by atoms with van der Waals surface area (Å²) in [4.78, 5) is 2.33. The van der Waals surface area contributed by atoms with Crippen LogP contribution in [0.25, 0.3) is 0 Å². The summed E-state index contributed by atoms with van der Waals surface area (Å²) in [6.07, 6.45) is 0. The standard InChI is InChI=1S/C16H28N2O/c1-12-13(2)15(19-6)8-7-14(12)9-18(5)11-16(3,4)10-17/h7-8H,9-11,17H2,1-6H3. The molecule has 0 saturated carbocycles. The third-order valence-electron chi connectivity index (χ3n) is 3.76. The van der Waals surface area contributed by atoms with Gasteiger partial charge in [-0.15, -0.1) is 0 Å². The molecule has 0 aromatic heterocycles. The van der Waals surface area contributed by atoms with Crippen molar-refractivity contribution in [1.29, 1.82) is 0 Å². The Morgan fingerprint density at radius 1 is 1.21 bits per heavy atom. The van der Waals surface area contributed by atoms with E-state index >= 15 is 0 Å². The third kappa shape index (κ3) is 4.22. The highest BCUT2D eigenvalue weighted by Gasteiger charge is 2.18. The zero-order chi connectivity index (χ0) is 14.6. The van der Waals surface area contributed by atoms with Gasteiger partial charge in [-0.1, -0.05) is 19.9 Å². The summed E-state index contributed by atoms with van der Waals surface area (Å²) in [7, 11) is 3.87. The van der Waals surface area contributed by atoms with Gasteiger partial charge in [-0.25, -0.2) is 0 Å². The maximum atomic E-state index is 5.80. The average Bonchev–Trinajstić information content (AvgIpc) is 2.35. The molecule has 0 heterocycles. The van der Waals surface area contributed by atoms with Crippen LogP contribution in [0.2, 0.25) is 0 Å². The SMILES string of the molecule is COc1ccc(CN(C)CC(C)(C)CN)c(C)c1C. The number of hydrogen-bond acceptors (Lipinski definition) is 3. The summed E-state index contributed by atoms with van der Waals surface area (Å²) < 4.78 is 5.35. The Balaban J connectivity index is 2.80. The first kappa shape index (κ1) is 16.0. The van der Waals surface area contributed by atoms with Crippen LogP contribution in [0.15, 0.2) is 12.1 Å². The van der Waals surface area contributed by atoms with Crippen LogP contribution in [0.1, 0.15) is 30.5 Å². The molecule has 0 atom stereocenters. The molecular formula is C16H28N2O. The van der Waals surface area contributed by atoms with Crippen LogP contribution >= 0.6 is 0 Å². The number of hydrogen-bond donors (Lipinski definition) is 1. The highest BCUT2D eigenvalue weighted by atomic mass is 16.5. The number of ether oxygens (including phenoxy) is 1. The first-order chi connectivity index (χ1) is 8.80. The lowest BCUT2D eigenvalue weighted by atomic mass is 9.93. The first-order valence-corrected chi connectivity index (χ1v) is 6.82. The number of nitrogens with zero attached hydrogens (tertiary/aromatic N) is 1. The van der Waals surface area contributed by atoms with Crippen molar-refractivity contribution in [3.05, 3.63) is 28.8 Å². The van der Waals surface area contributed by atoms with Gasteiger partial charge in [0.1, 0.15) is 5.75 Å². The smallest absolute Gasteiger partial charge is 0.122 e. The van der Waals surface area contributed by atoms with Gasteiger partial charge in [-0.2, -0.15) is 0 Å². The second-order valence-corrected chi connectivity index (χ2v) is 6.22. The zero-order valence-electron chi connectivity index (χ0n) is 13.2. The van der Waals surface area contributed by atoms with Crippen LogP contribution < -0.4 is 10.5 Å². The molecule has 0 spiro atoms. The molecular weight excluding hydrogens is 236 g/mol. The lowest BCUT2D eigenvalue weighted by Gasteiger charge is -2.29. The van der Waals surface area contributed by atoms with Crippen molar-refractivity contribution in [2.75, 3.05) is 27.2 Å². The minimum Gasteiger partial charge on any atom is -0.496 e. The number of nitrogens with two attached hydrogens (primary N) is 1. The Morgan fingerprint density at radius 3 is 2.37 bits per heavy atom.